The number of rotatable bonds is 2. The molecule has 1 aliphatic carbocycles. The molecule has 5 nitrogen and oxygen atoms in total. The maximum absolute atomic E-state index is 11.6. The van der Waals surface area contributed by atoms with Gasteiger partial charge in [-0.2, -0.15) is 0 Å². The van der Waals surface area contributed by atoms with Crippen molar-refractivity contribution in [1.82, 2.24) is 0 Å². The van der Waals surface area contributed by atoms with Crippen molar-refractivity contribution >= 4 is 17.3 Å². The molecule has 0 aliphatic heterocycles. The summed E-state index contributed by atoms with van der Waals surface area (Å²) >= 11 is 0. The summed E-state index contributed by atoms with van der Waals surface area (Å²) in [7, 11) is 2.87. The van der Waals surface area contributed by atoms with E-state index in [9.17, 15) is 14.7 Å². The number of benzene rings is 1. The van der Waals surface area contributed by atoms with Crippen LogP contribution in [0.2, 0.25) is 0 Å². The molecule has 0 saturated carbocycles. The van der Waals surface area contributed by atoms with Gasteiger partial charge in [-0.1, -0.05) is 0 Å². The molecule has 0 unspecified atom stereocenters. The highest BCUT2D eigenvalue weighted by Gasteiger charge is 2.27. The average molecular weight is 234 g/mol. The lowest BCUT2D eigenvalue weighted by Gasteiger charge is -2.15. The molecule has 0 spiro atoms. The van der Waals surface area contributed by atoms with Crippen LogP contribution in [0.1, 0.15) is 15.9 Å². The van der Waals surface area contributed by atoms with Gasteiger partial charge in [0.1, 0.15) is 5.76 Å². The number of aliphatic hydroxyl groups is 1. The van der Waals surface area contributed by atoms with Gasteiger partial charge >= 0.3 is 0 Å². The number of hydrogen-bond acceptors (Lipinski definition) is 5. The Morgan fingerprint density at radius 3 is 2.06 bits per heavy atom. The molecule has 1 N–H and O–H groups in total. The molecule has 0 heterocycles. The van der Waals surface area contributed by atoms with Gasteiger partial charge in [0, 0.05) is 17.2 Å². The Balaban J connectivity index is 2.70. The smallest absolute Gasteiger partial charge is 0.233 e. The number of aliphatic hydroxyl groups excluding tert-OH is 1. The van der Waals surface area contributed by atoms with Gasteiger partial charge in [0.25, 0.3) is 0 Å². The van der Waals surface area contributed by atoms with Crippen LogP contribution in [0.4, 0.5) is 0 Å². The van der Waals surface area contributed by atoms with Crippen molar-refractivity contribution in [3.8, 4) is 11.5 Å². The third kappa shape index (κ3) is 1.65. The molecule has 1 aliphatic rings. The van der Waals surface area contributed by atoms with Gasteiger partial charge in [0.05, 0.1) is 14.2 Å². The number of carbonyl (C=O) groups excluding carboxylic acids is 2. The summed E-state index contributed by atoms with van der Waals surface area (Å²) in [5.41, 5.74) is 0.389. The first-order valence-electron chi connectivity index (χ1n) is 4.84. The Kier molecular flexibility index (Phi) is 2.59. The molecule has 2 rings (SSSR count). The van der Waals surface area contributed by atoms with Crippen LogP contribution >= 0.6 is 0 Å². The van der Waals surface area contributed by atoms with Crippen LogP contribution < -0.4 is 9.47 Å². The molecule has 1 aromatic rings. The van der Waals surface area contributed by atoms with Gasteiger partial charge in [-0.3, -0.25) is 9.59 Å². The molecule has 0 fully saturated rings. The number of fused-ring (bicyclic) bond motifs is 1. The van der Waals surface area contributed by atoms with Gasteiger partial charge in [0.15, 0.2) is 11.5 Å². The number of Topliss-reactive ketones (excluding diaryl/α,β-unsaturated/α-hetero) is 1. The first-order valence-corrected chi connectivity index (χ1v) is 4.84. The molecular weight excluding hydrogens is 224 g/mol. The van der Waals surface area contributed by atoms with Crippen molar-refractivity contribution in [3.05, 3.63) is 29.3 Å². The number of carbonyl (C=O) groups is 2. The van der Waals surface area contributed by atoms with Crippen molar-refractivity contribution in [3.63, 3.8) is 0 Å². The summed E-state index contributed by atoms with van der Waals surface area (Å²) in [5, 5.41) is 9.62. The highest BCUT2D eigenvalue weighted by atomic mass is 16.5. The first kappa shape index (κ1) is 11.2. The average Bonchev–Trinajstić information content (AvgIpc) is 2.34. The summed E-state index contributed by atoms with van der Waals surface area (Å²) in [5.74, 6) is -0.943. The van der Waals surface area contributed by atoms with E-state index in [0.29, 0.717) is 11.5 Å². The zero-order valence-electron chi connectivity index (χ0n) is 9.31. The lowest BCUT2D eigenvalue weighted by Crippen LogP contribution is -2.18. The van der Waals surface area contributed by atoms with Crippen molar-refractivity contribution < 1.29 is 24.2 Å². The fourth-order valence-electron chi connectivity index (χ4n) is 1.68. The monoisotopic (exact) mass is 234 g/mol. The summed E-state index contributed by atoms with van der Waals surface area (Å²) < 4.78 is 10.1. The lowest BCUT2D eigenvalue weighted by atomic mass is 9.93. The van der Waals surface area contributed by atoms with E-state index in [1.807, 2.05) is 0 Å². The molecule has 88 valence electrons. The third-order valence-corrected chi connectivity index (χ3v) is 2.54. The minimum atomic E-state index is -0.748. The van der Waals surface area contributed by atoms with Crippen LogP contribution in [0.3, 0.4) is 0 Å². The summed E-state index contributed by atoms with van der Waals surface area (Å²) in [6, 6.07) is 2.85. The van der Waals surface area contributed by atoms with Crippen molar-refractivity contribution in [1.29, 1.82) is 0 Å². The molecule has 0 amide bonds. The lowest BCUT2D eigenvalue weighted by molar-refractivity contribution is -0.111. The van der Waals surface area contributed by atoms with Crippen LogP contribution in [0, 0.1) is 0 Å². The summed E-state index contributed by atoms with van der Waals surface area (Å²) in [6.07, 6.45) is 0.899. The molecule has 5 heteroatoms. The second-order valence-corrected chi connectivity index (χ2v) is 3.48. The normalized spacial score (nSPS) is 14.1. The van der Waals surface area contributed by atoms with Gasteiger partial charge in [-0.15, -0.1) is 0 Å². The molecule has 0 bridgehead atoms. The maximum atomic E-state index is 11.6. The predicted octanol–water partition coefficient (Wildman–Crippen LogP) is 1.37. The van der Waals surface area contributed by atoms with E-state index < -0.39 is 11.6 Å². The maximum Gasteiger partial charge on any atom is 0.233 e. The predicted molar refractivity (Wildman–Crippen MR) is 59.5 cm³/mol. The second-order valence-electron chi connectivity index (χ2n) is 3.48. The fourth-order valence-corrected chi connectivity index (χ4v) is 1.68. The second kappa shape index (κ2) is 3.93. The van der Waals surface area contributed by atoms with E-state index in [1.54, 1.807) is 0 Å². The van der Waals surface area contributed by atoms with Gasteiger partial charge < -0.3 is 14.6 Å². The van der Waals surface area contributed by atoms with Crippen LogP contribution in [0.5, 0.6) is 11.5 Å². The Hall–Kier alpha value is -2.30. The van der Waals surface area contributed by atoms with Crippen molar-refractivity contribution in [2.75, 3.05) is 14.2 Å². The largest absolute Gasteiger partial charge is 0.507 e. The van der Waals surface area contributed by atoms with E-state index in [-0.39, 0.29) is 16.9 Å². The van der Waals surface area contributed by atoms with E-state index in [4.69, 9.17) is 9.47 Å². The molecule has 1 aromatic carbocycles. The van der Waals surface area contributed by atoms with Crippen LogP contribution in [-0.2, 0) is 4.79 Å². The zero-order chi connectivity index (χ0) is 12.6. The molecule has 0 atom stereocenters. The number of allylic oxidation sites excluding steroid dienone is 1. The summed E-state index contributed by atoms with van der Waals surface area (Å²) in [4.78, 5) is 22.9. The minimum Gasteiger partial charge on any atom is -0.507 e. The number of hydrogen-bond donors (Lipinski definition) is 1. The van der Waals surface area contributed by atoms with Crippen LogP contribution in [0.15, 0.2) is 18.2 Å². The molecule has 0 saturated heterocycles. The Morgan fingerprint density at radius 2 is 1.53 bits per heavy atom. The molecule has 0 aromatic heterocycles. The van der Waals surface area contributed by atoms with Gasteiger partial charge in [-0.05, 0) is 12.1 Å². The number of ketones is 2. The highest BCUT2D eigenvalue weighted by Crippen LogP contribution is 2.34. The first-order chi connectivity index (χ1) is 8.08. The zero-order valence-corrected chi connectivity index (χ0v) is 9.31. The Morgan fingerprint density at radius 1 is 1.00 bits per heavy atom. The fraction of sp³-hybridized carbons (Fsp3) is 0.167. The quantitative estimate of drug-likeness (QED) is 0.782. The molecule has 17 heavy (non-hydrogen) atoms. The Bertz CT molecular complexity index is 542. The molecule has 0 radical (unpaired) electrons. The summed E-state index contributed by atoms with van der Waals surface area (Å²) in [6.45, 7) is 0. The van der Waals surface area contributed by atoms with Gasteiger partial charge in [0.2, 0.25) is 11.6 Å². The van der Waals surface area contributed by atoms with E-state index in [0.717, 1.165) is 6.08 Å². The highest BCUT2D eigenvalue weighted by molar-refractivity contribution is 6.50. The van der Waals surface area contributed by atoms with Crippen LogP contribution in [-0.4, -0.2) is 30.9 Å². The Labute approximate surface area is 97.3 Å². The number of methoxy groups -OCH3 is 2. The van der Waals surface area contributed by atoms with E-state index >= 15 is 0 Å². The standard InChI is InChI=1S/C12H10O5/c1-16-10-3-6-7(4-11(10)17-2)12(15)9(14)5-8(6)13/h3-5,13H,1-2H3. The minimum absolute atomic E-state index is 0.118. The van der Waals surface area contributed by atoms with Crippen LogP contribution in [0.25, 0.3) is 5.76 Å². The third-order valence-electron chi connectivity index (χ3n) is 2.54. The van der Waals surface area contributed by atoms with Crippen molar-refractivity contribution in [2.24, 2.45) is 0 Å². The van der Waals surface area contributed by atoms with Gasteiger partial charge in [-0.25, -0.2) is 0 Å². The van der Waals surface area contributed by atoms with E-state index in [1.165, 1.54) is 26.4 Å². The van der Waals surface area contributed by atoms with E-state index in [2.05, 4.69) is 0 Å². The molecular formula is C12H10O5. The topological polar surface area (TPSA) is 72.8 Å². The number of ether oxygens (including phenoxy) is 2. The van der Waals surface area contributed by atoms with Crippen molar-refractivity contribution in [2.45, 2.75) is 0 Å². The SMILES string of the molecule is COc1cc2c(cc1OC)C(O)=CC(=O)C2=O.